The lowest BCUT2D eigenvalue weighted by atomic mass is 9.94. The fraction of sp³-hybridized carbons (Fsp3) is 0.600. The summed E-state index contributed by atoms with van der Waals surface area (Å²) in [6.07, 6.45) is 3.89. The Bertz CT molecular complexity index is 315. The zero-order valence-electron chi connectivity index (χ0n) is 10.6. The van der Waals surface area contributed by atoms with Crippen molar-refractivity contribution in [3.05, 3.63) is 35.9 Å². The van der Waals surface area contributed by atoms with E-state index in [1.54, 1.807) is 0 Å². The molecule has 1 saturated heterocycles. The van der Waals surface area contributed by atoms with E-state index in [0.717, 1.165) is 5.92 Å². The molecule has 1 aliphatic heterocycles. The molecule has 94 valence electrons. The molecule has 0 bridgehead atoms. The molecule has 2 rings (SSSR count). The topological polar surface area (TPSA) is 3.24 Å². The molecular formula is C15H22BrN. The smallest absolute Gasteiger partial charge is 0.0146 e. The van der Waals surface area contributed by atoms with Crippen LogP contribution in [0.1, 0.15) is 25.3 Å². The van der Waals surface area contributed by atoms with Gasteiger partial charge in [0.25, 0.3) is 0 Å². The molecule has 1 fully saturated rings. The zero-order valence-corrected chi connectivity index (χ0v) is 12.2. The quantitative estimate of drug-likeness (QED) is 0.765. The van der Waals surface area contributed by atoms with Gasteiger partial charge in [0.2, 0.25) is 0 Å². The Labute approximate surface area is 113 Å². The van der Waals surface area contributed by atoms with Gasteiger partial charge >= 0.3 is 0 Å². The van der Waals surface area contributed by atoms with E-state index in [1.807, 2.05) is 0 Å². The van der Waals surface area contributed by atoms with Crippen molar-refractivity contribution in [2.24, 2.45) is 5.92 Å². The SMILES string of the molecule is CC(Br)C1CCN(CCc2ccccc2)CC1. The van der Waals surface area contributed by atoms with Crippen molar-refractivity contribution >= 4 is 15.9 Å². The summed E-state index contributed by atoms with van der Waals surface area (Å²) in [5.74, 6) is 0.878. The predicted molar refractivity (Wildman–Crippen MR) is 77.7 cm³/mol. The molecule has 1 heterocycles. The number of hydrogen-bond donors (Lipinski definition) is 0. The molecule has 0 saturated carbocycles. The van der Waals surface area contributed by atoms with E-state index in [-0.39, 0.29) is 0 Å². The van der Waals surface area contributed by atoms with E-state index in [1.165, 1.54) is 44.5 Å². The van der Waals surface area contributed by atoms with Gasteiger partial charge in [0, 0.05) is 11.4 Å². The fourth-order valence-corrected chi connectivity index (χ4v) is 3.10. The van der Waals surface area contributed by atoms with Gasteiger partial charge in [0.1, 0.15) is 0 Å². The van der Waals surface area contributed by atoms with E-state index in [4.69, 9.17) is 0 Å². The molecule has 17 heavy (non-hydrogen) atoms. The maximum atomic E-state index is 3.71. The van der Waals surface area contributed by atoms with Crippen LogP contribution in [0.3, 0.4) is 0 Å². The molecule has 1 unspecified atom stereocenters. The number of nitrogens with zero attached hydrogens (tertiary/aromatic N) is 1. The van der Waals surface area contributed by atoms with Crippen LogP contribution in [0.15, 0.2) is 30.3 Å². The highest BCUT2D eigenvalue weighted by atomic mass is 79.9. The summed E-state index contributed by atoms with van der Waals surface area (Å²) >= 11 is 3.71. The van der Waals surface area contributed by atoms with Crippen LogP contribution in [-0.4, -0.2) is 29.4 Å². The standard InChI is InChI=1S/C15H22BrN/c1-13(16)15-8-11-17(12-9-15)10-7-14-5-3-2-4-6-14/h2-6,13,15H,7-12H2,1H3. The average Bonchev–Trinajstić information content (AvgIpc) is 2.38. The first kappa shape index (κ1) is 13.1. The minimum atomic E-state index is 0.679. The first-order valence-electron chi connectivity index (χ1n) is 6.66. The minimum Gasteiger partial charge on any atom is -0.303 e. The summed E-state index contributed by atoms with van der Waals surface area (Å²) in [5.41, 5.74) is 1.46. The van der Waals surface area contributed by atoms with E-state index in [0.29, 0.717) is 4.83 Å². The molecular weight excluding hydrogens is 274 g/mol. The second-order valence-electron chi connectivity index (χ2n) is 5.09. The van der Waals surface area contributed by atoms with Crippen LogP contribution >= 0.6 is 15.9 Å². The molecule has 0 aliphatic carbocycles. The molecule has 0 spiro atoms. The number of alkyl halides is 1. The highest BCUT2D eigenvalue weighted by Gasteiger charge is 2.21. The Kier molecular flexibility index (Phi) is 5.05. The number of piperidine rings is 1. The van der Waals surface area contributed by atoms with E-state index < -0.39 is 0 Å². The Morgan fingerprint density at radius 3 is 2.47 bits per heavy atom. The molecule has 0 aromatic heterocycles. The Morgan fingerprint density at radius 1 is 1.24 bits per heavy atom. The molecule has 1 atom stereocenters. The van der Waals surface area contributed by atoms with Crippen molar-refractivity contribution in [1.29, 1.82) is 0 Å². The summed E-state index contributed by atoms with van der Waals surface area (Å²) in [6.45, 7) is 6.04. The Morgan fingerprint density at radius 2 is 1.88 bits per heavy atom. The van der Waals surface area contributed by atoms with Crippen LogP contribution in [0, 0.1) is 5.92 Å². The minimum absolute atomic E-state index is 0.679. The van der Waals surface area contributed by atoms with Crippen LogP contribution in [0.4, 0.5) is 0 Å². The zero-order chi connectivity index (χ0) is 12.1. The first-order valence-corrected chi connectivity index (χ1v) is 7.57. The normalized spacial score (nSPS) is 20.4. The average molecular weight is 296 g/mol. The molecule has 1 aromatic carbocycles. The van der Waals surface area contributed by atoms with Gasteiger partial charge in [-0.15, -0.1) is 0 Å². The Hall–Kier alpha value is -0.340. The van der Waals surface area contributed by atoms with Crippen molar-refractivity contribution in [2.75, 3.05) is 19.6 Å². The molecule has 2 heteroatoms. The number of rotatable bonds is 4. The third kappa shape index (κ3) is 4.11. The van der Waals surface area contributed by atoms with Crippen LogP contribution in [0.25, 0.3) is 0 Å². The largest absolute Gasteiger partial charge is 0.303 e. The van der Waals surface area contributed by atoms with Crippen LogP contribution in [-0.2, 0) is 6.42 Å². The third-order valence-electron chi connectivity index (χ3n) is 3.84. The molecule has 1 aromatic rings. The third-order valence-corrected chi connectivity index (χ3v) is 4.59. The second kappa shape index (κ2) is 6.55. The molecule has 1 nitrogen and oxygen atoms in total. The second-order valence-corrected chi connectivity index (χ2v) is 6.54. The van der Waals surface area contributed by atoms with Gasteiger partial charge < -0.3 is 4.90 Å². The number of hydrogen-bond acceptors (Lipinski definition) is 1. The van der Waals surface area contributed by atoms with Gasteiger partial charge in [0.05, 0.1) is 0 Å². The summed E-state index contributed by atoms with van der Waals surface area (Å²) in [7, 11) is 0. The van der Waals surface area contributed by atoms with Crippen molar-refractivity contribution in [3.8, 4) is 0 Å². The number of likely N-dealkylation sites (tertiary alicyclic amines) is 1. The van der Waals surface area contributed by atoms with E-state index >= 15 is 0 Å². The number of halogens is 1. The van der Waals surface area contributed by atoms with Crippen molar-refractivity contribution in [2.45, 2.75) is 31.0 Å². The Balaban J connectivity index is 1.72. The highest BCUT2D eigenvalue weighted by Crippen LogP contribution is 2.24. The lowest BCUT2D eigenvalue weighted by molar-refractivity contribution is 0.187. The molecule has 0 radical (unpaired) electrons. The van der Waals surface area contributed by atoms with Crippen LogP contribution in [0.2, 0.25) is 0 Å². The van der Waals surface area contributed by atoms with E-state index in [2.05, 4.69) is 58.1 Å². The van der Waals surface area contributed by atoms with Crippen molar-refractivity contribution in [3.63, 3.8) is 0 Å². The summed E-state index contributed by atoms with van der Waals surface area (Å²) in [6, 6.07) is 10.8. The van der Waals surface area contributed by atoms with Gasteiger partial charge in [-0.05, 0) is 43.8 Å². The monoisotopic (exact) mass is 295 g/mol. The highest BCUT2D eigenvalue weighted by molar-refractivity contribution is 9.09. The predicted octanol–water partition coefficient (Wildman–Crippen LogP) is 3.72. The van der Waals surface area contributed by atoms with Crippen molar-refractivity contribution < 1.29 is 0 Å². The van der Waals surface area contributed by atoms with Gasteiger partial charge in [-0.25, -0.2) is 0 Å². The van der Waals surface area contributed by atoms with Gasteiger partial charge in [-0.2, -0.15) is 0 Å². The first-order chi connectivity index (χ1) is 8.25. The van der Waals surface area contributed by atoms with Crippen LogP contribution < -0.4 is 0 Å². The summed E-state index contributed by atoms with van der Waals surface area (Å²) < 4.78 is 0. The van der Waals surface area contributed by atoms with Crippen LogP contribution in [0.5, 0.6) is 0 Å². The number of benzene rings is 1. The van der Waals surface area contributed by atoms with Gasteiger partial charge in [0.15, 0.2) is 0 Å². The molecule has 0 amide bonds. The maximum Gasteiger partial charge on any atom is 0.0146 e. The molecule has 0 N–H and O–H groups in total. The fourth-order valence-electron chi connectivity index (χ4n) is 2.57. The van der Waals surface area contributed by atoms with Gasteiger partial charge in [-0.1, -0.05) is 53.2 Å². The lowest BCUT2D eigenvalue weighted by Crippen LogP contribution is -2.37. The summed E-state index contributed by atoms with van der Waals surface area (Å²) in [5, 5.41) is 0. The maximum absolute atomic E-state index is 3.71. The van der Waals surface area contributed by atoms with Gasteiger partial charge in [-0.3, -0.25) is 0 Å². The van der Waals surface area contributed by atoms with E-state index in [9.17, 15) is 0 Å². The molecule has 1 aliphatic rings. The van der Waals surface area contributed by atoms with Crippen molar-refractivity contribution in [1.82, 2.24) is 4.90 Å². The summed E-state index contributed by atoms with van der Waals surface area (Å²) in [4.78, 5) is 3.29. The lowest BCUT2D eigenvalue weighted by Gasteiger charge is -2.33.